The number of ketones is 1. The van der Waals surface area contributed by atoms with E-state index >= 15 is 0 Å². The van der Waals surface area contributed by atoms with E-state index in [4.69, 9.17) is 0 Å². The molecule has 0 saturated carbocycles. The maximum atomic E-state index is 11.3. The Morgan fingerprint density at radius 1 is 1.33 bits per heavy atom. The van der Waals surface area contributed by atoms with Gasteiger partial charge in [0, 0.05) is 10.4 Å². The second-order valence-corrected chi connectivity index (χ2v) is 6.30. The van der Waals surface area contributed by atoms with Crippen LogP contribution in [0.4, 0.5) is 0 Å². The zero-order valence-electron chi connectivity index (χ0n) is 13.0. The maximum absolute atomic E-state index is 11.3. The number of benzene rings is 1. The molecule has 1 unspecified atom stereocenters. The van der Waals surface area contributed by atoms with Crippen molar-refractivity contribution in [1.29, 1.82) is 0 Å². The Labute approximate surface area is 142 Å². The smallest absolute Gasteiger partial charge is 0.206 e. The lowest BCUT2D eigenvalue weighted by molar-refractivity contribution is 0.101. The Hall–Kier alpha value is -2.64. The summed E-state index contributed by atoms with van der Waals surface area (Å²) in [6.45, 7) is 1.56. The number of aromatic nitrogens is 4. The summed E-state index contributed by atoms with van der Waals surface area (Å²) >= 11 is 1.60. The molecule has 122 valence electrons. The first-order valence-corrected chi connectivity index (χ1v) is 8.26. The van der Waals surface area contributed by atoms with Crippen molar-refractivity contribution in [3.05, 3.63) is 69.2 Å². The molecule has 24 heavy (non-hydrogen) atoms. The molecule has 7 heteroatoms. The molecule has 3 aromatic rings. The molecule has 0 aliphatic carbocycles. The van der Waals surface area contributed by atoms with Crippen molar-refractivity contribution in [3.8, 4) is 0 Å². The van der Waals surface area contributed by atoms with Crippen molar-refractivity contribution >= 4 is 23.2 Å². The van der Waals surface area contributed by atoms with Crippen LogP contribution < -0.4 is 0 Å². The quantitative estimate of drug-likeness (QED) is 0.673. The number of rotatable bonds is 6. The molecule has 0 aliphatic rings. The van der Waals surface area contributed by atoms with Crippen LogP contribution >= 0.6 is 11.3 Å². The van der Waals surface area contributed by atoms with E-state index in [0.29, 0.717) is 0 Å². The third-order valence-corrected chi connectivity index (χ3v) is 4.46. The van der Waals surface area contributed by atoms with Crippen molar-refractivity contribution in [2.24, 2.45) is 0 Å². The molecule has 2 N–H and O–H groups in total. The van der Waals surface area contributed by atoms with Gasteiger partial charge in [-0.1, -0.05) is 29.5 Å². The number of thiophene rings is 1. The van der Waals surface area contributed by atoms with Crippen molar-refractivity contribution in [1.82, 2.24) is 20.6 Å². The highest BCUT2D eigenvalue weighted by Crippen LogP contribution is 2.21. The average Bonchev–Trinajstić information content (AvgIpc) is 3.25. The van der Waals surface area contributed by atoms with E-state index < -0.39 is 6.10 Å². The van der Waals surface area contributed by atoms with Crippen LogP contribution in [-0.4, -0.2) is 31.5 Å². The van der Waals surface area contributed by atoms with Crippen LogP contribution in [0, 0.1) is 0 Å². The molecule has 2 heterocycles. The highest BCUT2D eigenvalue weighted by atomic mass is 32.1. The van der Waals surface area contributed by atoms with Crippen molar-refractivity contribution in [3.63, 3.8) is 0 Å². The largest absolute Gasteiger partial charge is 0.381 e. The molecule has 0 saturated heterocycles. The fourth-order valence-corrected chi connectivity index (χ4v) is 3.05. The van der Waals surface area contributed by atoms with E-state index in [1.807, 2.05) is 30.3 Å². The standard InChI is InChI=1S/C17H16N4O2S/c1-11(22)14-4-2-12(3-5-14)8-13-9-15(24-10-13)6-7-16(23)17-18-20-21-19-17/h2-7,9-10,16,23H,8H2,1H3,(H,18,19,20,21). The minimum atomic E-state index is -0.881. The summed E-state index contributed by atoms with van der Waals surface area (Å²) in [5.74, 6) is 0.318. The lowest BCUT2D eigenvalue weighted by Crippen LogP contribution is -1.95. The van der Waals surface area contributed by atoms with E-state index in [0.717, 1.165) is 22.4 Å². The van der Waals surface area contributed by atoms with Gasteiger partial charge in [-0.2, -0.15) is 5.21 Å². The van der Waals surface area contributed by atoms with Gasteiger partial charge in [-0.3, -0.25) is 4.79 Å². The Balaban J connectivity index is 1.64. The lowest BCUT2D eigenvalue weighted by Gasteiger charge is -2.00. The van der Waals surface area contributed by atoms with Gasteiger partial charge in [0.2, 0.25) is 5.82 Å². The number of tetrazole rings is 1. The van der Waals surface area contributed by atoms with Crippen LogP contribution in [0.5, 0.6) is 0 Å². The number of carbonyl (C=O) groups is 1. The Morgan fingerprint density at radius 2 is 2.12 bits per heavy atom. The van der Waals surface area contributed by atoms with Crippen LogP contribution in [-0.2, 0) is 6.42 Å². The molecule has 0 amide bonds. The van der Waals surface area contributed by atoms with Crippen LogP contribution in [0.1, 0.15) is 45.2 Å². The second kappa shape index (κ2) is 7.29. The number of hydrogen-bond donors (Lipinski definition) is 2. The predicted molar refractivity (Wildman–Crippen MR) is 91.7 cm³/mol. The zero-order chi connectivity index (χ0) is 16.9. The normalized spacial score (nSPS) is 12.6. The predicted octanol–water partition coefficient (Wildman–Crippen LogP) is 2.80. The fraction of sp³-hybridized carbons (Fsp3) is 0.176. The maximum Gasteiger partial charge on any atom is 0.206 e. The number of aliphatic hydroxyl groups excluding tert-OH is 1. The molecule has 1 aromatic carbocycles. The van der Waals surface area contributed by atoms with Crippen LogP contribution in [0.3, 0.4) is 0 Å². The Kier molecular flexibility index (Phi) is 4.93. The summed E-state index contributed by atoms with van der Waals surface area (Å²) in [5, 5.41) is 25.2. The van der Waals surface area contributed by atoms with Gasteiger partial charge in [-0.25, -0.2) is 0 Å². The molecule has 2 aromatic heterocycles. The topological polar surface area (TPSA) is 91.8 Å². The molecule has 0 fully saturated rings. The molecule has 0 aliphatic heterocycles. The van der Waals surface area contributed by atoms with Gasteiger partial charge >= 0.3 is 0 Å². The van der Waals surface area contributed by atoms with Crippen LogP contribution in [0.25, 0.3) is 6.08 Å². The van der Waals surface area contributed by atoms with Crippen molar-refractivity contribution < 1.29 is 9.90 Å². The molecule has 0 radical (unpaired) electrons. The number of carbonyl (C=O) groups excluding carboxylic acids is 1. The number of nitrogens with one attached hydrogen (secondary N) is 1. The van der Waals surface area contributed by atoms with E-state index in [1.54, 1.807) is 24.3 Å². The highest BCUT2D eigenvalue weighted by Gasteiger charge is 2.08. The monoisotopic (exact) mass is 340 g/mol. The summed E-state index contributed by atoms with van der Waals surface area (Å²) in [6.07, 6.45) is 3.39. The van der Waals surface area contributed by atoms with Crippen LogP contribution in [0.15, 0.2) is 41.8 Å². The zero-order valence-corrected chi connectivity index (χ0v) is 13.8. The van der Waals surface area contributed by atoms with Crippen LogP contribution in [0.2, 0.25) is 0 Å². The molecular formula is C17H16N4O2S. The summed E-state index contributed by atoms with van der Waals surface area (Å²) in [5.41, 5.74) is 3.06. The molecule has 0 bridgehead atoms. The molecular weight excluding hydrogens is 324 g/mol. The number of nitrogens with zero attached hydrogens (tertiary/aromatic N) is 3. The van der Waals surface area contributed by atoms with Crippen molar-refractivity contribution in [2.45, 2.75) is 19.4 Å². The second-order valence-electron chi connectivity index (χ2n) is 5.36. The number of hydrogen-bond acceptors (Lipinski definition) is 6. The third-order valence-electron chi connectivity index (χ3n) is 3.51. The first kappa shape index (κ1) is 16.2. The minimum Gasteiger partial charge on any atom is -0.381 e. The van der Waals surface area contributed by atoms with Gasteiger partial charge in [-0.15, -0.1) is 21.5 Å². The van der Waals surface area contributed by atoms with Gasteiger partial charge in [0.25, 0.3) is 0 Å². The summed E-state index contributed by atoms with van der Waals surface area (Å²) in [4.78, 5) is 12.3. The number of H-pyrrole nitrogens is 1. The SMILES string of the molecule is CC(=O)c1ccc(Cc2csc(C=CC(O)c3nn[nH]n3)c2)cc1. The van der Waals surface area contributed by atoms with Gasteiger partial charge in [-0.05, 0) is 48.1 Å². The van der Waals surface area contributed by atoms with Gasteiger partial charge in [0.15, 0.2) is 5.78 Å². The Morgan fingerprint density at radius 3 is 2.79 bits per heavy atom. The molecule has 6 nitrogen and oxygen atoms in total. The van der Waals surface area contributed by atoms with Gasteiger partial charge < -0.3 is 5.11 Å². The van der Waals surface area contributed by atoms with E-state index in [9.17, 15) is 9.90 Å². The molecule has 0 spiro atoms. The van der Waals surface area contributed by atoms with Gasteiger partial charge in [0.1, 0.15) is 6.10 Å². The van der Waals surface area contributed by atoms with E-state index in [1.165, 1.54) is 5.56 Å². The first-order valence-electron chi connectivity index (χ1n) is 7.39. The fourth-order valence-electron chi connectivity index (χ4n) is 2.23. The summed E-state index contributed by atoms with van der Waals surface area (Å²) in [6, 6.07) is 9.73. The summed E-state index contributed by atoms with van der Waals surface area (Å²) in [7, 11) is 0. The van der Waals surface area contributed by atoms with Crippen molar-refractivity contribution in [2.75, 3.05) is 0 Å². The third kappa shape index (κ3) is 4.01. The number of aliphatic hydroxyl groups is 1. The number of Topliss-reactive ketones (excluding diaryl/α,β-unsaturated/α-hetero) is 1. The van der Waals surface area contributed by atoms with E-state index in [2.05, 4.69) is 32.1 Å². The summed E-state index contributed by atoms with van der Waals surface area (Å²) < 4.78 is 0. The minimum absolute atomic E-state index is 0.0738. The van der Waals surface area contributed by atoms with Gasteiger partial charge in [0.05, 0.1) is 0 Å². The molecule has 3 rings (SSSR count). The first-order chi connectivity index (χ1) is 11.6. The molecule has 1 atom stereocenters. The lowest BCUT2D eigenvalue weighted by atomic mass is 10.0. The number of aromatic amines is 1. The Bertz CT molecular complexity index is 838. The average molecular weight is 340 g/mol. The van der Waals surface area contributed by atoms with E-state index in [-0.39, 0.29) is 11.6 Å². The highest BCUT2D eigenvalue weighted by molar-refractivity contribution is 7.11.